The van der Waals surface area contributed by atoms with E-state index in [9.17, 15) is 9.59 Å². The van der Waals surface area contributed by atoms with Crippen molar-refractivity contribution in [1.82, 2.24) is 9.55 Å². The Morgan fingerprint density at radius 1 is 1.31 bits per heavy atom. The summed E-state index contributed by atoms with van der Waals surface area (Å²) in [5.41, 5.74) is 1.64. The largest absolute Gasteiger partial charge is 0.324 e. The van der Waals surface area contributed by atoms with Gasteiger partial charge in [-0.25, -0.2) is 4.98 Å². The van der Waals surface area contributed by atoms with E-state index in [1.807, 2.05) is 6.92 Å². The molecule has 1 aromatic carbocycles. The fraction of sp³-hybridized carbons (Fsp3) is 0.350. The van der Waals surface area contributed by atoms with Crippen molar-refractivity contribution in [3.8, 4) is 0 Å². The Morgan fingerprint density at radius 2 is 2.10 bits per heavy atom. The lowest BCUT2D eigenvalue weighted by Crippen LogP contribution is -2.24. The van der Waals surface area contributed by atoms with Crippen molar-refractivity contribution in [3.05, 3.63) is 49.0 Å². The highest BCUT2D eigenvalue weighted by atomic mass is 35.5. The molecule has 1 amide bonds. The zero-order valence-corrected chi connectivity index (χ0v) is 18.9. The molecule has 0 saturated heterocycles. The number of aryl methyl sites for hydroxylation is 2. The molecule has 0 spiro atoms. The average Bonchev–Trinajstić information content (AvgIpc) is 3.08. The van der Waals surface area contributed by atoms with Crippen LogP contribution in [0, 0.1) is 0 Å². The molecule has 29 heavy (non-hydrogen) atoms. The van der Waals surface area contributed by atoms with Gasteiger partial charge in [0.05, 0.1) is 26.9 Å². The van der Waals surface area contributed by atoms with Crippen LogP contribution in [0.1, 0.15) is 30.2 Å². The van der Waals surface area contributed by atoms with Gasteiger partial charge in [0.15, 0.2) is 5.16 Å². The fourth-order valence-electron chi connectivity index (χ4n) is 3.53. The number of hydrogen-bond donors (Lipinski definition) is 1. The number of carbonyl (C=O) groups is 1. The number of aromatic nitrogens is 2. The second kappa shape index (κ2) is 8.68. The lowest BCUT2D eigenvalue weighted by Gasteiger charge is -2.12. The molecule has 0 bridgehead atoms. The Hall–Kier alpha value is -1.54. The van der Waals surface area contributed by atoms with Crippen LogP contribution in [0.25, 0.3) is 10.2 Å². The minimum absolute atomic E-state index is 0.00214. The van der Waals surface area contributed by atoms with E-state index in [4.69, 9.17) is 28.2 Å². The standard InChI is InChI=1S/C20H19Cl2N3O2S2/c1-2-25-19(27)16-11-6-3-4-9-14(11)29-18(16)24-20(25)28-10-15(26)23-13-8-5-7-12(21)17(13)22/h5,7-8H,2-4,6,9-10H2,1H3,(H,23,26). The Morgan fingerprint density at radius 3 is 2.90 bits per heavy atom. The second-order valence-electron chi connectivity index (χ2n) is 6.77. The Labute approximate surface area is 186 Å². The molecule has 0 radical (unpaired) electrons. The maximum absolute atomic E-state index is 13.1. The van der Waals surface area contributed by atoms with Crippen LogP contribution < -0.4 is 10.9 Å². The minimum Gasteiger partial charge on any atom is -0.324 e. The predicted molar refractivity (Wildman–Crippen MR) is 122 cm³/mol. The summed E-state index contributed by atoms with van der Waals surface area (Å²) in [5, 5.41) is 4.78. The summed E-state index contributed by atoms with van der Waals surface area (Å²) < 4.78 is 1.66. The number of nitrogens with one attached hydrogen (secondary N) is 1. The Kier molecular flexibility index (Phi) is 6.20. The van der Waals surface area contributed by atoms with Gasteiger partial charge in [0.25, 0.3) is 5.56 Å². The van der Waals surface area contributed by atoms with Gasteiger partial charge in [-0.3, -0.25) is 14.2 Å². The molecule has 2 aromatic heterocycles. The molecule has 9 heteroatoms. The number of carbonyl (C=O) groups excluding carboxylic acids is 1. The summed E-state index contributed by atoms with van der Waals surface area (Å²) in [6.07, 6.45) is 4.25. The Bertz CT molecular complexity index is 1160. The van der Waals surface area contributed by atoms with Gasteiger partial charge in [-0.05, 0) is 50.3 Å². The van der Waals surface area contributed by atoms with Gasteiger partial charge < -0.3 is 5.32 Å². The van der Waals surface area contributed by atoms with E-state index in [0.717, 1.165) is 35.9 Å². The summed E-state index contributed by atoms with van der Waals surface area (Å²) >= 11 is 15.0. The van der Waals surface area contributed by atoms with Gasteiger partial charge in [0.2, 0.25) is 5.91 Å². The third-order valence-corrected chi connectivity index (χ3v) is 7.90. The monoisotopic (exact) mass is 467 g/mol. The van der Waals surface area contributed by atoms with Crippen LogP contribution in [0.4, 0.5) is 5.69 Å². The van der Waals surface area contributed by atoms with E-state index in [-0.39, 0.29) is 17.2 Å². The van der Waals surface area contributed by atoms with Crippen molar-refractivity contribution in [2.24, 2.45) is 0 Å². The number of nitrogens with zero attached hydrogens (tertiary/aromatic N) is 2. The van der Waals surface area contributed by atoms with Gasteiger partial charge in [0.1, 0.15) is 4.83 Å². The zero-order valence-electron chi connectivity index (χ0n) is 15.8. The summed E-state index contributed by atoms with van der Waals surface area (Å²) in [5.74, 6) is -0.118. The number of rotatable bonds is 5. The van der Waals surface area contributed by atoms with Crippen molar-refractivity contribution in [2.75, 3.05) is 11.1 Å². The number of amides is 1. The highest BCUT2D eigenvalue weighted by Crippen LogP contribution is 2.35. The lowest BCUT2D eigenvalue weighted by atomic mass is 9.97. The van der Waals surface area contributed by atoms with Gasteiger partial charge in [-0.2, -0.15) is 0 Å². The number of anilines is 1. The maximum Gasteiger partial charge on any atom is 0.263 e. The lowest BCUT2D eigenvalue weighted by molar-refractivity contribution is -0.113. The van der Waals surface area contributed by atoms with Crippen LogP contribution in [0.5, 0.6) is 0 Å². The van der Waals surface area contributed by atoms with Crippen LogP contribution in [0.15, 0.2) is 28.2 Å². The third-order valence-electron chi connectivity index (χ3n) is 4.91. The zero-order chi connectivity index (χ0) is 20.5. The average molecular weight is 468 g/mol. The number of fused-ring (bicyclic) bond motifs is 3. The first-order valence-corrected chi connectivity index (χ1v) is 12.0. The highest BCUT2D eigenvalue weighted by Gasteiger charge is 2.22. The van der Waals surface area contributed by atoms with Crippen LogP contribution >= 0.6 is 46.3 Å². The summed E-state index contributed by atoms with van der Waals surface area (Å²) in [4.78, 5) is 32.3. The topological polar surface area (TPSA) is 64.0 Å². The SMILES string of the molecule is CCn1c(SCC(=O)Nc2cccc(Cl)c2Cl)nc2sc3c(c2c1=O)CCCC3. The van der Waals surface area contributed by atoms with Crippen molar-refractivity contribution < 1.29 is 4.79 Å². The molecular weight excluding hydrogens is 449 g/mol. The number of thiophene rings is 1. The molecule has 0 fully saturated rings. The van der Waals surface area contributed by atoms with Crippen molar-refractivity contribution in [2.45, 2.75) is 44.3 Å². The van der Waals surface area contributed by atoms with E-state index in [1.54, 1.807) is 34.1 Å². The summed E-state index contributed by atoms with van der Waals surface area (Å²) in [7, 11) is 0. The van der Waals surface area contributed by atoms with Gasteiger partial charge >= 0.3 is 0 Å². The summed E-state index contributed by atoms with van der Waals surface area (Å²) in [6, 6.07) is 5.08. The summed E-state index contributed by atoms with van der Waals surface area (Å²) in [6.45, 7) is 2.43. The Balaban J connectivity index is 1.58. The quantitative estimate of drug-likeness (QED) is 0.403. The molecule has 5 nitrogen and oxygen atoms in total. The van der Waals surface area contributed by atoms with E-state index in [2.05, 4.69) is 5.32 Å². The van der Waals surface area contributed by atoms with E-state index in [0.29, 0.717) is 27.4 Å². The van der Waals surface area contributed by atoms with Gasteiger partial charge in [-0.1, -0.05) is 41.0 Å². The molecule has 152 valence electrons. The van der Waals surface area contributed by atoms with E-state index in [1.165, 1.54) is 22.2 Å². The number of hydrogen-bond acceptors (Lipinski definition) is 5. The number of thioether (sulfide) groups is 1. The predicted octanol–water partition coefficient (Wildman–Crippen LogP) is 5.39. The minimum atomic E-state index is -0.235. The third kappa shape index (κ3) is 4.06. The number of benzene rings is 1. The molecule has 2 heterocycles. The normalized spacial score (nSPS) is 13.5. The van der Waals surface area contributed by atoms with Crippen LogP contribution in [0.3, 0.4) is 0 Å². The smallest absolute Gasteiger partial charge is 0.263 e. The molecule has 4 rings (SSSR count). The van der Waals surface area contributed by atoms with Crippen molar-refractivity contribution >= 4 is 68.1 Å². The first kappa shape index (κ1) is 20.7. The highest BCUT2D eigenvalue weighted by molar-refractivity contribution is 7.99. The van der Waals surface area contributed by atoms with Crippen molar-refractivity contribution in [1.29, 1.82) is 0 Å². The molecule has 0 unspecified atom stereocenters. The van der Waals surface area contributed by atoms with E-state index >= 15 is 0 Å². The molecular formula is C20H19Cl2N3O2S2. The number of halogens is 2. The molecule has 1 aliphatic carbocycles. The van der Waals surface area contributed by atoms with Gasteiger partial charge in [0, 0.05) is 11.4 Å². The van der Waals surface area contributed by atoms with Crippen LogP contribution in [-0.4, -0.2) is 21.2 Å². The van der Waals surface area contributed by atoms with Gasteiger partial charge in [-0.15, -0.1) is 11.3 Å². The van der Waals surface area contributed by atoms with Crippen LogP contribution in [-0.2, 0) is 24.2 Å². The molecule has 1 aliphatic rings. The second-order valence-corrected chi connectivity index (χ2v) is 9.58. The van der Waals surface area contributed by atoms with Crippen LogP contribution in [0.2, 0.25) is 10.0 Å². The molecule has 0 saturated carbocycles. The molecule has 0 aliphatic heterocycles. The maximum atomic E-state index is 13.1. The van der Waals surface area contributed by atoms with Crippen molar-refractivity contribution in [3.63, 3.8) is 0 Å². The first-order valence-electron chi connectivity index (χ1n) is 9.41. The molecule has 1 N–H and O–H groups in total. The van der Waals surface area contributed by atoms with E-state index < -0.39 is 0 Å². The molecule has 0 atom stereocenters. The first-order chi connectivity index (χ1) is 14.0. The molecule has 3 aromatic rings. The fourth-order valence-corrected chi connectivity index (χ4v) is 6.04.